The Morgan fingerprint density at radius 2 is 1.61 bits per heavy atom. The molecule has 0 aliphatic rings. The van der Waals surface area contributed by atoms with Crippen LogP contribution in [-0.2, 0) is 0 Å². The summed E-state index contributed by atoms with van der Waals surface area (Å²) in [7, 11) is 0. The minimum Gasteiger partial charge on any atom is -0.465 e. The topological polar surface area (TPSA) is 58.6 Å². The third-order valence-electron chi connectivity index (χ3n) is 1.68. The van der Waals surface area contributed by atoms with Crippen LogP contribution in [0.25, 0.3) is 0 Å². The molecule has 18 heavy (non-hydrogen) atoms. The van der Waals surface area contributed by atoms with Gasteiger partial charge in [-0.25, -0.2) is 4.79 Å². The number of nitrogens with one attached hydrogen (secondary N) is 1. The number of amides is 1. The summed E-state index contributed by atoms with van der Waals surface area (Å²) in [4.78, 5) is 10.2. The van der Waals surface area contributed by atoms with Crippen molar-refractivity contribution >= 4 is 11.8 Å². The maximum atomic E-state index is 12.5. The van der Waals surface area contributed by atoms with Crippen LogP contribution in [0, 0.1) is 0 Å². The van der Waals surface area contributed by atoms with Crippen molar-refractivity contribution in [3.05, 3.63) is 24.3 Å². The van der Waals surface area contributed by atoms with Gasteiger partial charge in [0.15, 0.2) is 0 Å². The predicted molar refractivity (Wildman–Crippen MR) is 49.7 cm³/mol. The van der Waals surface area contributed by atoms with Gasteiger partial charge in [-0.2, -0.15) is 22.0 Å². The van der Waals surface area contributed by atoms with Crippen LogP contribution in [0.4, 0.5) is 32.4 Å². The molecule has 0 fully saturated rings. The molecule has 0 radical (unpaired) electrons. The van der Waals surface area contributed by atoms with Crippen LogP contribution < -0.4 is 10.1 Å². The summed E-state index contributed by atoms with van der Waals surface area (Å²) >= 11 is 0. The van der Waals surface area contributed by atoms with E-state index in [4.69, 9.17) is 5.11 Å². The van der Waals surface area contributed by atoms with Gasteiger partial charge in [-0.05, 0) is 24.3 Å². The highest BCUT2D eigenvalue weighted by atomic mass is 19.4. The molecule has 0 bridgehead atoms. The zero-order valence-corrected chi connectivity index (χ0v) is 8.46. The van der Waals surface area contributed by atoms with E-state index in [9.17, 15) is 26.7 Å². The van der Waals surface area contributed by atoms with Gasteiger partial charge < -0.3 is 9.84 Å². The Kier molecular flexibility index (Phi) is 3.63. The van der Waals surface area contributed by atoms with Crippen LogP contribution in [0.1, 0.15) is 0 Å². The number of hydrogen-bond donors (Lipinski definition) is 2. The number of anilines is 1. The maximum Gasteiger partial charge on any atom is 0.499 e. The Morgan fingerprint density at radius 1 is 1.11 bits per heavy atom. The van der Waals surface area contributed by atoms with E-state index in [1.165, 1.54) is 0 Å². The van der Waals surface area contributed by atoms with E-state index in [0.717, 1.165) is 24.3 Å². The molecule has 0 atom stereocenters. The normalized spacial score (nSPS) is 12.1. The quantitative estimate of drug-likeness (QED) is 0.829. The first-order valence-corrected chi connectivity index (χ1v) is 4.35. The summed E-state index contributed by atoms with van der Waals surface area (Å²) in [5.74, 6) is -0.742. The molecule has 0 unspecified atom stereocenters. The lowest BCUT2D eigenvalue weighted by atomic mass is 10.3. The molecule has 1 aromatic carbocycles. The summed E-state index contributed by atoms with van der Waals surface area (Å²) in [6.07, 6.45) is -12.5. The Balaban J connectivity index is 2.78. The molecule has 1 amide bonds. The maximum absolute atomic E-state index is 12.5. The molecule has 1 aromatic rings. The molecule has 2 N–H and O–H groups in total. The summed E-state index contributed by atoms with van der Waals surface area (Å²) in [6.45, 7) is 0. The Labute approximate surface area is 97.0 Å². The SMILES string of the molecule is O=C(O)Nc1ccc(OC(F)(F)C(F)(F)F)cc1. The fourth-order valence-electron chi connectivity index (χ4n) is 0.936. The van der Waals surface area contributed by atoms with Crippen molar-refractivity contribution in [1.29, 1.82) is 0 Å². The number of halogens is 5. The number of carboxylic acid groups (broad SMARTS) is 1. The molecule has 4 nitrogen and oxygen atoms in total. The highest BCUT2D eigenvalue weighted by Gasteiger charge is 2.61. The Morgan fingerprint density at radius 3 is 2.00 bits per heavy atom. The summed E-state index contributed by atoms with van der Waals surface area (Å²) < 4.78 is 63.8. The van der Waals surface area contributed by atoms with Gasteiger partial charge in [-0.3, -0.25) is 5.32 Å². The van der Waals surface area contributed by atoms with Crippen molar-refractivity contribution in [2.24, 2.45) is 0 Å². The molecule has 0 saturated carbocycles. The first kappa shape index (κ1) is 14.0. The third kappa shape index (κ3) is 3.47. The fourth-order valence-corrected chi connectivity index (χ4v) is 0.936. The number of benzene rings is 1. The Bertz CT molecular complexity index is 429. The second kappa shape index (κ2) is 4.67. The van der Waals surface area contributed by atoms with Crippen molar-refractivity contribution in [1.82, 2.24) is 0 Å². The summed E-state index contributed by atoms with van der Waals surface area (Å²) in [5, 5.41) is 10.2. The zero-order chi connectivity index (χ0) is 14.0. The molecule has 0 saturated heterocycles. The number of carbonyl (C=O) groups is 1. The predicted octanol–water partition coefficient (Wildman–Crippen LogP) is 3.31. The van der Waals surface area contributed by atoms with Gasteiger partial charge in [0, 0.05) is 5.69 Å². The van der Waals surface area contributed by atoms with Crippen molar-refractivity contribution in [3.63, 3.8) is 0 Å². The largest absolute Gasteiger partial charge is 0.499 e. The van der Waals surface area contributed by atoms with E-state index >= 15 is 0 Å². The van der Waals surface area contributed by atoms with Crippen molar-refractivity contribution < 1.29 is 36.6 Å². The lowest BCUT2D eigenvalue weighted by Crippen LogP contribution is -2.41. The second-order valence-corrected chi connectivity index (χ2v) is 3.07. The van der Waals surface area contributed by atoms with Crippen LogP contribution >= 0.6 is 0 Å². The monoisotopic (exact) mass is 271 g/mol. The first-order chi connectivity index (χ1) is 8.12. The van der Waals surface area contributed by atoms with Crippen LogP contribution in [0.2, 0.25) is 0 Å². The average Bonchev–Trinajstić information content (AvgIpc) is 2.18. The van der Waals surface area contributed by atoms with Gasteiger partial charge in [0.05, 0.1) is 0 Å². The van der Waals surface area contributed by atoms with Crippen LogP contribution in [-0.4, -0.2) is 23.5 Å². The minimum atomic E-state index is -5.83. The van der Waals surface area contributed by atoms with Crippen molar-refractivity contribution in [2.45, 2.75) is 12.3 Å². The van der Waals surface area contributed by atoms with Gasteiger partial charge >= 0.3 is 18.4 Å². The van der Waals surface area contributed by atoms with Crippen molar-refractivity contribution in [3.8, 4) is 5.75 Å². The van der Waals surface area contributed by atoms with E-state index < -0.39 is 24.1 Å². The molecular formula is C9H6F5NO3. The van der Waals surface area contributed by atoms with E-state index in [-0.39, 0.29) is 5.69 Å². The molecule has 0 aliphatic carbocycles. The standard InChI is InChI=1S/C9H6F5NO3/c10-8(11,12)9(13,14)18-6-3-1-5(2-4-6)15-7(16)17/h1-4,15H,(H,16,17). The van der Waals surface area contributed by atoms with Gasteiger partial charge in [0.25, 0.3) is 0 Å². The molecule has 0 aromatic heterocycles. The van der Waals surface area contributed by atoms with Crippen molar-refractivity contribution in [2.75, 3.05) is 5.32 Å². The van der Waals surface area contributed by atoms with Crippen LogP contribution in [0.3, 0.4) is 0 Å². The van der Waals surface area contributed by atoms with E-state index in [0.29, 0.717) is 0 Å². The number of ether oxygens (including phenoxy) is 1. The molecule has 9 heteroatoms. The molecule has 0 heterocycles. The second-order valence-electron chi connectivity index (χ2n) is 3.07. The number of alkyl halides is 5. The molecular weight excluding hydrogens is 265 g/mol. The van der Waals surface area contributed by atoms with E-state index in [1.54, 1.807) is 0 Å². The summed E-state index contributed by atoms with van der Waals surface area (Å²) in [6, 6.07) is 3.53. The number of hydrogen-bond acceptors (Lipinski definition) is 2. The van der Waals surface area contributed by atoms with Gasteiger partial charge in [0.2, 0.25) is 0 Å². The Hall–Kier alpha value is -2.06. The smallest absolute Gasteiger partial charge is 0.465 e. The number of rotatable bonds is 3. The lowest BCUT2D eigenvalue weighted by molar-refractivity contribution is -0.360. The first-order valence-electron chi connectivity index (χ1n) is 4.35. The fraction of sp³-hybridized carbons (Fsp3) is 0.222. The summed E-state index contributed by atoms with van der Waals surface area (Å²) in [5.41, 5.74) is 0.00479. The highest BCUT2D eigenvalue weighted by Crippen LogP contribution is 2.37. The average molecular weight is 271 g/mol. The molecule has 0 aliphatic heterocycles. The van der Waals surface area contributed by atoms with Gasteiger partial charge in [0.1, 0.15) is 5.75 Å². The molecule has 0 spiro atoms. The zero-order valence-electron chi connectivity index (χ0n) is 8.46. The minimum absolute atomic E-state index is 0.00479. The highest BCUT2D eigenvalue weighted by molar-refractivity contribution is 5.82. The third-order valence-corrected chi connectivity index (χ3v) is 1.68. The van der Waals surface area contributed by atoms with E-state index in [2.05, 4.69) is 4.74 Å². The lowest BCUT2D eigenvalue weighted by Gasteiger charge is -2.20. The van der Waals surface area contributed by atoms with Crippen LogP contribution in [0.5, 0.6) is 5.75 Å². The molecule has 1 rings (SSSR count). The van der Waals surface area contributed by atoms with Gasteiger partial charge in [-0.1, -0.05) is 0 Å². The molecule has 100 valence electrons. The van der Waals surface area contributed by atoms with Crippen LogP contribution in [0.15, 0.2) is 24.3 Å². The van der Waals surface area contributed by atoms with E-state index in [1.807, 2.05) is 5.32 Å². The van der Waals surface area contributed by atoms with Gasteiger partial charge in [-0.15, -0.1) is 0 Å².